The van der Waals surface area contributed by atoms with Crippen LogP contribution in [0.1, 0.15) is 25.0 Å². The van der Waals surface area contributed by atoms with E-state index < -0.39 is 0 Å². The van der Waals surface area contributed by atoms with E-state index in [0.717, 1.165) is 77.4 Å². The summed E-state index contributed by atoms with van der Waals surface area (Å²) in [4.78, 5) is 10.5. The monoisotopic (exact) mass is 614 g/mol. The first-order chi connectivity index (χ1) is 23.5. The van der Waals surface area contributed by atoms with Crippen molar-refractivity contribution in [3.63, 3.8) is 0 Å². The molecule has 0 bridgehead atoms. The Morgan fingerprint density at radius 1 is 0.438 bits per heavy atom. The van der Waals surface area contributed by atoms with Gasteiger partial charge in [-0.15, -0.1) is 0 Å². The zero-order chi connectivity index (χ0) is 32.0. The van der Waals surface area contributed by atoms with E-state index in [9.17, 15) is 0 Å². The predicted octanol–water partition coefficient (Wildman–Crippen LogP) is 12.0. The molecule has 0 aliphatic heterocycles. The molecule has 1 aliphatic rings. The minimum atomic E-state index is -0.0610. The van der Waals surface area contributed by atoms with Crippen LogP contribution in [0.4, 0.5) is 0 Å². The van der Waals surface area contributed by atoms with Crippen LogP contribution in [0.3, 0.4) is 0 Å². The molecule has 0 unspecified atom stereocenters. The van der Waals surface area contributed by atoms with E-state index in [1.54, 1.807) is 0 Å². The predicted molar refractivity (Wildman–Crippen MR) is 198 cm³/mol. The molecule has 1 aliphatic carbocycles. The molecule has 0 fully saturated rings. The van der Waals surface area contributed by atoms with Crippen molar-refractivity contribution in [2.45, 2.75) is 19.3 Å². The number of fused-ring (bicyclic) bond motifs is 9. The highest BCUT2D eigenvalue weighted by Crippen LogP contribution is 2.49. The van der Waals surface area contributed by atoms with E-state index in [1.807, 2.05) is 12.1 Å². The third kappa shape index (κ3) is 4.01. The number of rotatable bonds is 3. The molecular weight excluding hydrogens is 585 g/mol. The van der Waals surface area contributed by atoms with Crippen molar-refractivity contribution >= 4 is 43.7 Å². The van der Waals surface area contributed by atoms with Gasteiger partial charge in [-0.1, -0.05) is 117 Å². The number of pyridine rings is 2. The highest BCUT2D eigenvalue weighted by atomic mass is 16.3. The minimum Gasteiger partial charge on any atom is -0.456 e. The molecule has 0 radical (unpaired) electrons. The largest absolute Gasteiger partial charge is 0.456 e. The number of furan rings is 1. The first-order valence-corrected chi connectivity index (χ1v) is 16.5. The highest BCUT2D eigenvalue weighted by Gasteiger charge is 2.35. The number of benzene rings is 6. The summed E-state index contributed by atoms with van der Waals surface area (Å²) in [5, 5.41) is 4.42. The Balaban J connectivity index is 1.06. The van der Waals surface area contributed by atoms with Gasteiger partial charge in [0.1, 0.15) is 11.2 Å². The van der Waals surface area contributed by atoms with Crippen LogP contribution in [0.15, 0.2) is 150 Å². The minimum absolute atomic E-state index is 0.0610. The maximum absolute atomic E-state index is 6.07. The standard InChI is InChI=1S/C45H30N2O/c1-45(2)37-12-5-3-10-33(37)34-20-16-32(26-38(34)45)40-22-18-28-15-14-27-17-21-39(46-43(27)44(28)47-40)31-9-7-8-29(24-31)30-19-23-42-36(25-30)35-11-4-6-13-41(35)48-42/h3-26H,1-2H3. The average Bonchev–Trinajstić information content (AvgIpc) is 3.62. The number of para-hydroxylation sites is 1. The number of nitrogens with zero attached hydrogens (tertiary/aromatic N) is 2. The summed E-state index contributed by atoms with van der Waals surface area (Å²) in [7, 11) is 0. The van der Waals surface area contributed by atoms with E-state index in [0.29, 0.717) is 0 Å². The normalized spacial score (nSPS) is 13.4. The van der Waals surface area contributed by atoms with Gasteiger partial charge in [0.2, 0.25) is 0 Å². The fraction of sp³-hybridized carbons (Fsp3) is 0.0667. The van der Waals surface area contributed by atoms with E-state index in [1.165, 1.54) is 22.3 Å². The molecule has 226 valence electrons. The lowest BCUT2D eigenvalue weighted by atomic mass is 9.82. The summed E-state index contributed by atoms with van der Waals surface area (Å²) in [6, 6.07) is 51.8. The topological polar surface area (TPSA) is 38.9 Å². The highest BCUT2D eigenvalue weighted by molar-refractivity contribution is 6.07. The van der Waals surface area contributed by atoms with Gasteiger partial charge in [0.25, 0.3) is 0 Å². The second-order valence-electron chi connectivity index (χ2n) is 13.4. The molecule has 3 heteroatoms. The molecule has 0 amide bonds. The molecular formula is C45H30N2O. The van der Waals surface area contributed by atoms with Gasteiger partial charge in [-0.25, -0.2) is 9.97 Å². The van der Waals surface area contributed by atoms with Gasteiger partial charge in [0.05, 0.1) is 22.4 Å². The SMILES string of the molecule is CC1(C)c2ccccc2-c2ccc(-c3ccc4ccc5ccc(-c6cccc(-c7ccc8oc9ccccc9c8c7)c6)nc5c4n3)cc21. The molecule has 3 nitrogen and oxygen atoms in total. The molecule has 3 aromatic heterocycles. The maximum atomic E-state index is 6.07. The van der Waals surface area contributed by atoms with Gasteiger partial charge in [-0.05, 0) is 75.8 Å². The van der Waals surface area contributed by atoms with Gasteiger partial charge < -0.3 is 4.42 Å². The van der Waals surface area contributed by atoms with E-state index in [2.05, 4.69) is 147 Å². The van der Waals surface area contributed by atoms with Crippen molar-refractivity contribution in [1.29, 1.82) is 0 Å². The van der Waals surface area contributed by atoms with Crippen LogP contribution in [0.25, 0.3) is 88.5 Å². The lowest BCUT2D eigenvalue weighted by molar-refractivity contribution is 0.660. The quantitative estimate of drug-likeness (QED) is 0.186. The second kappa shape index (κ2) is 9.97. The van der Waals surface area contributed by atoms with Gasteiger partial charge in [-0.2, -0.15) is 0 Å². The summed E-state index contributed by atoms with van der Waals surface area (Å²) >= 11 is 0. The zero-order valence-electron chi connectivity index (χ0n) is 26.7. The van der Waals surface area contributed by atoms with Crippen LogP contribution in [-0.2, 0) is 5.41 Å². The molecule has 6 aromatic carbocycles. The Morgan fingerprint density at radius 3 is 1.85 bits per heavy atom. The molecule has 0 atom stereocenters. The Bertz CT molecular complexity index is 2770. The third-order valence-corrected chi connectivity index (χ3v) is 10.3. The fourth-order valence-corrected chi connectivity index (χ4v) is 7.72. The summed E-state index contributed by atoms with van der Waals surface area (Å²) < 4.78 is 6.07. The molecule has 0 saturated heterocycles. The Labute approximate surface area is 278 Å². The van der Waals surface area contributed by atoms with Gasteiger partial charge in [0, 0.05) is 38.1 Å². The van der Waals surface area contributed by atoms with E-state index in [4.69, 9.17) is 14.4 Å². The lowest BCUT2D eigenvalue weighted by Crippen LogP contribution is -2.14. The molecule has 0 N–H and O–H groups in total. The van der Waals surface area contributed by atoms with Crippen molar-refractivity contribution in [1.82, 2.24) is 9.97 Å². The van der Waals surface area contributed by atoms with E-state index in [-0.39, 0.29) is 5.41 Å². The molecule has 48 heavy (non-hydrogen) atoms. The first kappa shape index (κ1) is 27.1. The third-order valence-electron chi connectivity index (χ3n) is 10.3. The van der Waals surface area contributed by atoms with Crippen LogP contribution in [0, 0.1) is 0 Å². The van der Waals surface area contributed by atoms with Crippen molar-refractivity contribution in [2.75, 3.05) is 0 Å². The molecule has 0 saturated carbocycles. The Morgan fingerprint density at radius 2 is 1.04 bits per heavy atom. The zero-order valence-corrected chi connectivity index (χ0v) is 26.7. The van der Waals surface area contributed by atoms with Gasteiger partial charge in [-0.3, -0.25) is 0 Å². The molecule has 10 rings (SSSR count). The summed E-state index contributed by atoms with van der Waals surface area (Å²) in [5.41, 5.74) is 15.3. The number of aromatic nitrogens is 2. The maximum Gasteiger partial charge on any atom is 0.135 e. The average molecular weight is 615 g/mol. The Kier molecular flexibility index (Phi) is 5.63. The van der Waals surface area contributed by atoms with Crippen LogP contribution >= 0.6 is 0 Å². The van der Waals surface area contributed by atoms with Crippen LogP contribution in [-0.4, -0.2) is 9.97 Å². The smallest absolute Gasteiger partial charge is 0.135 e. The van der Waals surface area contributed by atoms with Crippen LogP contribution in [0.2, 0.25) is 0 Å². The van der Waals surface area contributed by atoms with Crippen molar-refractivity contribution < 1.29 is 4.42 Å². The van der Waals surface area contributed by atoms with Crippen LogP contribution < -0.4 is 0 Å². The number of hydrogen-bond acceptors (Lipinski definition) is 3. The molecule has 3 heterocycles. The van der Waals surface area contributed by atoms with Crippen molar-refractivity contribution in [3.8, 4) is 44.8 Å². The van der Waals surface area contributed by atoms with E-state index >= 15 is 0 Å². The molecule has 9 aromatic rings. The fourth-order valence-electron chi connectivity index (χ4n) is 7.72. The summed E-state index contributed by atoms with van der Waals surface area (Å²) in [5.74, 6) is 0. The lowest BCUT2D eigenvalue weighted by Gasteiger charge is -2.21. The van der Waals surface area contributed by atoms with Gasteiger partial charge >= 0.3 is 0 Å². The van der Waals surface area contributed by atoms with Crippen LogP contribution in [0.5, 0.6) is 0 Å². The number of hydrogen-bond donors (Lipinski definition) is 0. The van der Waals surface area contributed by atoms with Crippen molar-refractivity contribution in [2.24, 2.45) is 0 Å². The summed E-state index contributed by atoms with van der Waals surface area (Å²) in [6.07, 6.45) is 0. The van der Waals surface area contributed by atoms with Gasteiger partial charge in [0.15, 0.2) is 0 Å². The second-order valence-corrected chi connectivity index (χ2v) is 13.4. The molecule has 0 spiro atoms. The first-order valence-electron chi connectivity index (χ1n) is 16.5. The Hall–Kier alpha value is -6.06. The summed E-state index contributed by atoms with van der Waals surface area (Å²) in [6.45, 7) is 4.64. The van der Waals surface area contributed by atoms with Crippen molar-refractivity contribution in [3.05, 3.63) is 157 Å².